The number of halogens is 4. The summed E-state index contributed by atoms with van der Waals surface area (Å²) in [5, 5.41) is 0. The van der Waals surface area contributed by atoms with Crippen molar-refractivity contribution in [3.63, 3.8) is 0 Å². The number of benzene rings is 1. The van der Waals surface area contributed by atoms with E-state index in [-0.39, 0.29) is 12.4 Å². The third-order valence-electron chi connectivity index (χ3n) is 2.23. The van der Waals surface area contributed by atoms with E-state index in [2.05, 4.69) is 0 Å². The van der Waals surface area contributed by atoms with Crippen molar-refractivity contribution in [2.24, 2.45) is 0 Å². The Labute approximate surface area is 103 Å². The van der Waals surface area contributed by atoms with Crippen LogP contribution in [0.15, 0.2) is 18.2 Å². The number of hydrogen-bond donors (Lipinski definition) is 0. The summed E-state index contributed by atoms with van der Waals surface area (Å²) in [4.78, 5) is 0. The van der Waals surface area contributed by atoms with Gasteiger partial charge in [0.2, 0.25) is 0 Å². The molecule has 0 N–H and O–H groups in total. The Balaban J connectivity index is 2.52. The molecule has 0 amide bonds. The second kappa shape index (κ2) is 6.63. The molecule has 0 aliphatic heterocycles. The molecule has 1 aromatic carbocycles. The first-order valence-corrected chi connectivity index (χ1v) is 5.65. The second-order valence-corrected chi connectivity index (χ2v) is 3.66. The molecule has 0 atom stereocenters. The summed E-state index contributed by atoms with van der Waals surface area (Å²) in [6.45, 7) is -2.10. The van der Waals surface area contributed by atoms with Gasteiger partial charge in [-0.2, -0.15) is 0 Å². The van der Waals surface area contributed by atoms with Gasteiger partial charge in [0.25, 0.3) is 0 Å². The van der Waals surface area contributed by atoms with Crippen molar-refractivity contribution in [2.75, 3.05) is 19.8 Å². The van der Waals surface area contributed by atoms with Crippen molar-refractivity contribution in [2.45, 2.75) is 13.3 Å². The third-order valence-corrected chi connectivity index (χ3v) is 2.23. The Morgan fingerprint density at radius 2 is 1.89 bits per heavy atom. The van der Waals surface area contributed by atoms with Crippen LogP contribution in [0.2, 0.25) is 0 Å². The molecule has 0 radical (unpaired) electrons. The van der Waals surface area contributed by atoms with Gasteiger partial charge < -0.3 is 22.4 Å². The molecule has 0 unspecified atom stereocenters. The van der Waals surface area contributed by atoms with Gasteiger partial charge in [-0.3, -0.25) is 0 Å². The molecule has 0 aromatic heterocycles. The Morgan fingerprint density at radius 3 is 2.44 bits per heavy atom. The highest BCUT2D eigenvalue weighted by Crippen LogP contribution is 2.16. The van der Waals surface area contributed by atoms with E-state index >= 15 is 0 Å². The maximum Gasteiger partial charge on any atom is 0.512 e. The minimum absolute atomic E-state index is 0.0906. The summed E-state index contributed by atoms with van der Waals surface area (Å²) in [6.07, 6.45) is 0.598. The quantitative estimate of drug-likeness (QED) is 0.428. The molecule has 0 saturated carbocycles. The van der Waals surface area contributed by atoms with Crippen LogP contribution in [-0.4, -0.2) is 26.8 Å². The van der Waals surface area contributed by atoms with E-state index in [9.17, 15) is 17.3 Å². The average molecular weight is 265 g/mol. The Kier molecular flexibility index (Phi) is 5.46. The van der Waals surface area contributed by atoms with Crippen molar-refractivity contribution >= 4 is 12.4 Å². The molecule has 0 aliphatic carbocycles. The Hall–Kier alpha value is -1.24. The SMILES string of the molecule is CCOCCCOc1ccc([B-](F)(F)F)c(F)c1. The number of hydrogen-bond acceptors (Lipinski definition) is 2. The Morgan fingerprint density at radius 1 is 1.17 bits per heavy atom. The van der Waals surface area contributed by atoms with Crippen LogP contribution in [0, 0.1) is 5.82 Å². The van der Waals surface area contributed by atoms with Crippen LogP contribution < -0.4 is 10.2 Å². The lowest BCUT2D eigenvalue weighted by atomic mass is 9.80. The predicted molar refractivity (Wildman–Crippen MR) is 61.7 cm³/mol. The van der Waals surface area contributed by atoms with E-state index in [0.717, 1.165) is 12.1 Å². The smallest absolute Gasteiger partial charge is 0.493 e. The van der Waals surface area contributed by atoms with Gasteiger partial charge in [-0.15, -0.1) is 0 Å². The third kappa shape index (κ3) is 4.56. The zero-order valence-electron chi connectivity index (χ0n) is 9.97. The summed E-state index contributed by atoms with van der Waals surface area (Å²) in [6, 6.07) is 2.58. The van der Waals surface area contributed by atoms with E-state index in [1.807, 2.05) is 6.92 Å². The van der Waals surface area contributed by atoms with Gasteiger partial charge in [0.1, 0.15) is 5.75 Å². The van der Waals surface area contributed by atoms with Crippen LogP contribution in [-0.2, 0) is 4.74 Å². The summed E-state index contributed by atoms with van der Waals surface area (Å²) in [7, 11) is 0. The molecule has 0 saturated heterocycles. The lowest BCUT2D eigenvalue weighted by molar-refractivity contribution is 0.131. The van der Waals surface area contributed by atoms with E-state index < -0.39 is 18.3 Å². The van der Waals surface area contributed by atoms with Crippen molar-refractivity contribution in [3.05, 3.63) is 24.0 Å². The number of ether oxygens (including phenoxy) is 2. The summed E-state index contributed by atoms with van der Waals surface area (Å²) >= 11 is 0. The molecular formula is C11H14BF4O2-. The molecule has 102 valence electrons. The number of rotatable bonds is 7. The van der Waals surface area contributed by atoms with Crippen molar-refractivity contribution in [1.82, 2.24) is 0 Å². The molecule has 2 nitrogen and oxygen atoms in total. The second-order valence-electron chi connectivity index (χ2n) is 3.66. The fraction of sp³-hybridized carbons (Fsp3) is 0.455. The highest BCUT2D eigenvalue weighted by atomic mass is 19.4. The van der Waals surface area contributed by atoms with Gasteiger partial charge in [-0.25, -0.2) is 4.39 Å². The van der Waals surface area contributed by atoms with Gasteiger partial charge in [0.15, 0.2) is 0 Å². The lowest BCUT2D eigenvalue weighted by Gasteiger charge is -2.16. The molecule has 0 aliphatic rings. The normalized spacial score (nSPS) is 11.6. The standard InChI is InChI=1S/C11H14BF4O2/c1-2-17-6-3-7-18-9-4-5-10(11(13)8-9)12(14,15)16/h4-5,8H,2-3,6-7H2,1H3/q-1. The van der Waals surface area contributed by atoms with Crippen LogP contribution in [0.1, 0.15) is 13.3 Å². The first-order chi connectivity index (χ1) is 8.45. The largest absolute Gasteiger partial charge is 0.512 e. The van der Waals surface area contributed by atoms with Crippen LogP contribution in [0.4, 0.5) is 17.3 Å². The Bertz CT molecular complexity index is 382. The topological polar surface area (TPSA) is 18.5 Å². The molecule has 7 heteroatoms. The fourth-order valence-electron chi connectivity index (χ4n) is 1.36. The molecule has 18 heavy (non-hydrogen) atoms. The van der Waals surface area contributed by atoms with Gasteiger partial charge in [0.05, 0.1) is 12.4 Å². The van der Waals surface area contributed by atoms with Crippen LogP contribution in [0.3, 0.4) is 0 Å². The first kappa shape index (κ1) is 14.8. The van der Waals surface area contributed by atoms with E-state index in [4.69, 9.17) is 9.47 Å². The van der Waals surface area contributed by atoms with Gasteiger partial charge in [-0.1, -0.05) is 11.5 Å². The highest BCUT2D eigenvalue weighted by Gasteiger charge is 2.28. The average Bonchev–Trinajstić information content (AvgIpc) is 2.27. The first-order valence-electron chi connectivity index (χ1n) is 5.65. The molecule has 0 fully saturated rings. The summed E-state index contributed by atoms with van der Waals surface area (Å²) in [5.74, 6) is -1.21. The molecule has 0 bridgehead atoms. The van der Waals surface area contributed by atoms with Crippen LogP contribution >= 0.6 is 0 Å². The molecule has 1 rings (SSSR count). The lowest BCUT2D eigenvalue weighted by Crippen LogP contribution is -2.36. The molecule has 1 aromatic rings. The van der Waals surface area contributed by atoms with E-state index in [1.165, 1.54) is 0 Å². The van der Waals surface area contributed by atoms with Crippen molar-refractivity contribution < 1.29 is 26.8 Å². The van der Waals surface area contributed by atoms with Crippen molar-refractivity contribution in [3.8, 4) is 5.75 Å². The van der Waals surface area contributed by atoms with E-state index in [0.29, 0.717) is 25.7 Å². The van der Waals surface area contributed by atoms with Gasteiger partial charge in [0, 0.05) is 25.7 Å². The fourth-order valence-corrected chi connectivity index (χ4v) is 1.36. The molecule has 0 spiro atoms. The van der Waals surface area contributed by atoms with Crippen LogP contribution in [0.25, 0.3) is 0 Å². The van der Waals surface area contributed by atoms with Crippen molar-refractivity contribution in [1.29, 1.82) is 0 Å². The minimum atomic E-state index is -5.32. The maximum atomic E-state index is 13.2. The van der Waals surface area contributed by atoms with Crippen LogP contribution in [0.5, 0.6) is 5.75 Å². The maximum absolute atomic E-state index is 13.2. The summed E-state index contributed by atoms with van der Waals surface area (Å²) < 4.78 is 60.4. The predicted octanol–water partition coefficient (Wildman–Crippen LogP) is 2.69. The van der Waals surface area contributed by atoms with Gasteiger partial charge in [-0.05, 0) is 13.0 Å². The minimum Gasteiger partial charge on any atom is -0.493 e. The molecular weight excluding hydrogens is 251 g/mol. The van der Waals surface area contributed by atoms with Gasteiger partial charge >= 0.3 is 6.98 Å². The monoisotopic (exact) mass is 265 g/mol. The highest BCUT2D eigenvalue weighted by molar-refractivity contribution is 6.73. The zero-order valence-corrected chi connectivity index (χ0v) is 9.97. The van der Waals surface area contributed by atoms with E-state index in [1.54, 1.807) is 0 Å². The zero-order chi connectivity index (χ0) is 13.6. The summed E-state index contributed by atoms with van der Waals surface area (Å²) in [5.41, 5.74) is -1.23. The molecule has 0 heterocycles.